The largest absolute Gasteiger partial charge is 0.456 e. The Morgan fingerprint density at radius 1 is 0.154 bits per heavy atom. The summed E-state index contributed by atoms with van der Waals surface area (Å²) in [6.07, 6.45) is 0. The van der Waals surface area contributed by atoms with Crippen LogP contribution in [0.3, 0.4) is 0 Å². The number of furan rings is 1. The average Bonchev–Trinajstić information content (AvgIpc) is 1.58. The lowest BCUT2D eigenvalue weighted by atomic mass is 9.82. The van der Waals surface area contributed by atoms with Crippen molar-refractivity contribution in [2.75, 3.05) is 0 Å². The van der Waals surface area contributed by atoms with E-state index in [0.717, 1.165) is 167 Å². The van der Waals surface area contributed by atoms with Gasteiger partial charge in [-0.1, -0.05) is 396 Å². The molecule has 0 aliphatic heterocycles. The van der Waals surface area contributed by atoms with Crippen molar-refractivity contribution in [1.29, 1.82) is 0 Å². The van der Waals surface area contributed by atoms with Crippen LogP contribution in [0.2, 0.25) is 0 Å². The molecule has 1 aliphatic rings. The summed E-state index contributed by atoms with van der Waals surface area (Å²) in [5, 5.41) is 2.16. The van der Waals surface area contributed by atoms with Crippen LogP contribution in [0.4, 0.5) is 0 Å². The topological polar surface area (TPSA) is 142 Å². The molecule has 0 saturated carbocycles. The van der Waals surface area contributed by atoms with Gasteiger partial charge in [0.1, 0.15) is 11.2 Å². The minimum absolute atomic E-state index is 0.0856. The van der Waals surface area contributed by atoms with Gasteiger partial charge in [-0.3, -0.25) is 0 Å². The summed E-state index contributed by atoms with van der Waals surface area (Å²) >= 11 is 0. The molecule has 23 rings (SSSR count). The zero-order chi connectivity index (χ0) is 86.9. The number of fused-ring (bicyclic) bond motifs is 6. The molecule has 0 bridgehead atoms. The van der Waals surface area contributed by atoms with E-state index in [0.29, 0.717) is 46.6 Å². The number of benzene rings is 17. The summed E-state index contributed by atoms with van der Waals surface area (Å²) < 4.78 is 6.25. The van der Waals surface area contributed by atoms with Crippen molar-refractivity contribution >= 4 is 21.9 Å². The van der Waals surface area contributed by atoms with E-state index in [1.165, 1.54) is 22.3 Å². The van der Waals surface area contributed by atoms with Crippen LogP contribution in [0.15, 0.2) is 453 Å². The van der Waals surface area contributed by atoms with Crippen molar-refractivity contribution in [3.63, 3.8) is 0 Å². The van der Waals surface area contributed by atoms with Gasteiger partial charge in [-0.15, -0.1) is 0 Å². The Labute approximate surface area is 753 Å². The highest BCUT2D eigenvalue weighted by Crippen LogP contribution is 2.50. The van der Waals surface area contributed by atoms with Crippen LogP contribution in [0.5, 0.6) is 0 Å². The smallest absolute Gasteiger partial charge is 0.164 e. The highest BCUT2D eigenvalue weighted by atomic mass is 16.3. The maximum absolute atomic E-state index is 6.25. The first kappa shape index (κ1) is 78.7. The van der Waals surface area contributed by atoms with Gasteiger partial charge < -0.3 is 4.42 Å². The van der Waals surface area contributed by atoms with Gasteiger partial charge in [0.2, 0.25) is 0 Å². The maximum Gasteiger partial charge on any atom is 0.164 e. The van der Waals surface area contributed by atoms with Gasteiger partial charge in [0.15, 0.2) is 46.6 Å². The van der Waals surface area contributed by atoms with Gasteiger partial charge in [0.25, 0.3) is 0 Å². The lowest BCUT2D eigenvalue weighted by Crippen LogP contribution is -2.14. The SMILES string of the molecule is CC1(C)c2ccccc2-c2cc(-c3nc(-c4ccccc4)nc(-c4cccc(-c5ccc(-c6cc(-c7ccccc7)nc(-c7ccc8c(c7)oc7ccccc78)n6)cc5)c4)n3)ccc21.c1ccc(-c2ccc(-c3nc(-c4ccccc4)nc(-c4cccc(-c5ccc(-c6cc(-c7cc(-c8ccccc8)cc(-c8ccccc8)c7)nc(-c7ccccc7)n6)cc5)c4)n3)cc2)cc1. The van der Waals surface area contributed by atoms with Crippen LogP contribution in [0, 0.1) is 0 Å². The van der Waals surface area contributed by atoms with Gasteiger partial charge in [-0.05, 0) is 145 Å². The average molecular weight is 1670 g/mol. The Balaban J connectivity index is 0.000000153. The third-order valence-electron chi connectivity index (χ3n) is 24.3. The quantitative estimate of drug-likeness (QED) is 0.0860. The summed E-state index contributed by atoms with van der Waals surface area (Å²) in [5.74, 6) is 5.05. The van der Waals surface area contributed by atoms with Gasteiger partial charge >= 0.3 is 0 Å². The molecule has 0 spiro atoms. The molecular weight excluding hydrogens is 1590 g/mol. The van der Waals surface area contributed by atoms with Crippen molar-refractivity contribution in [2.24, 2.45) is 0 Å². The van der Waals surface area contributed by atoms with Crippen molar-refractivity contribution in [2.45, 2.75) is 19.3 Å². The predicted octanol–water partition coefficient (Wildman–Crippen LogP) is 29.9. The molecule has 0 saturated heterocycles. The number of aromatic nitrogens is 10. The van der Waals surface area contributed by atoms with E-state index in [1.807, 2.05) is 127 Å². The van der Waals surface area contributed by atoms with Crippen molar-refractivity contribution in [3.8, 4) is 203 Å². The van der Waals surface area contributed by atoms with Crippen LogP contribution >= 0.6 is 0 Å². The third kappa shape index (κ3) is 16.0. The number of hydrogen-bond donors (Lipinski definition) is 0. The van der Waals surface area contributed by atoms with Crippen LogP contribution in [-0.2, 0) is 5.41 Å². The number of hydrogen-bond acceptors (Lipinski definition) is 11. The Hall–Kier alpha value is -17.3. The second-order valence-corrected chi connectivity index (χ2v) is 33.0. The molecule has 0 unspecified atom stereocenters. The first-order valence-corrected chi connectivity index (χ1v) is 43.6. The fraction of sp³-hybridized carbons (Fsp3) is 0.0252. The van der Waals surface area contributed by atoms with Crippen molar-refractivity contribution in [1.82, 2.24) is 49.8 Å². The van der Waals surface area contributed by atoms with Crippen LogP contribution in [0.1, 0.15) is 25.0 Å². The minimum Gasteiger partial charge on any atom is -0.456 e. The van der Waals surface area contributed by atoms with Crippen LogP contribution in [0.25, 0.3) is 225 Å². The Kier molecular flexibility index (Phi) is 20.8. The molecule has 17 aromatic carbocycles. The molecule has 0 N–H and O–H groups in total. The summed E-state index contributed by atoms with van der Waals surface area (Å²) in [6, 6.07) is 155. The normalized spacial score (nSPS) is 11.8. The molecule has 130 heavy (non-hydrogen) atoms. The van der Waals surface area contributed by atoms with Crippen LogP contribution in [-0.4, -0.2) is 49.8 Å². The van der Waals surface area contributed by atoms with Crippen molar-refractivity contribution < 1.29 is 4.42 Å². The first-order valence-electron chi connectivity index (χ1n) is 43.6. The van der Waals surface area contributed by atoms with E-state index in [9.17, 15) is 0 Å². The molecule has 0 fully saturated rings. The lowest BCUT2D eigenvalue weighted by molar-refractivity contribution is 0.660. The fourth-order valence-corrected chi connectivity index (χ4v) is 17.5. The molecular formula is C119H80N10O. The molecule has 5 aromatic heterocycles. The molecule has 11 heteroatoms. The van der Waals surface area contributed by atoms with Crippen molar-refractivity contribution in [3.05, 3.63) is 460 Å². The van der Waals surface area contributed by atoms with Gasteiger partial charge in [0, 0.05) is 82.9 Å². The molecule has 1 aliphatic carbocycles. The third-order valence-corrected chi connectivity index (χ3v) is 24.3. The number of para-hydroxylation sites is 1. The summed E-state index contributed by atoms with van der Waals surface area (Å²) in [6.45, 7) is 4.59. The highest BCUT2D eigenvalue weighted by molar-refractivity contribution is 6.06. The molecule has 11 nitrogen and oxygen atoms in total. The van der Waals surface area contributed by atoms with Gasteiger partial charge in [-0.2, -0.15) is 0 Å². The summed E-state index contributed by atoms with van der Waals surface area (Å²) in [5.41, 5.74) is 32.6. The predicted molar refractivity (Wildman–Crippen MR) is 528 cm³/mol. The molecule has 0 atom stereocenters. The van der Waals surface area contributed by atoms with Crippen LogP contribution < -0.4 is 0 Å². The Morgan fingerprint density at radius 2 is 0.415 bits per heavy atom. The minimum atomic E-state index is -0.0856. The highest BCUT2D eigenvalue weighted by Gasteiger charge is 2.36. The zero-order valence-electron chi connectivity index (χ0n) is 71.1. The standard InChI is InChI=1S/C61H41N5.C58H39N5O/c1-6-17-42(18-7-1)45-31-35-50(36-32-45)60-64-59(49-25-14-5-15-26-49)65-61(66-60)52-28-16-27-51(37-52)46-29-33-47(34-30-46)56-41-57(63-58(62-56)48-23-12-4-13-24-48)55-39-53(43-19-8-2-9-20-43)38-54(40-55)44-21-10-3-11-22-44;1-58(2)48-22-11-9-20-44(48)47-33-42(29-31-49(47)58)57-62-54(39-16-7-4-8-17-39)61-56(63-57)41-19-13-18-40(32-41)36-24-26-38(27-25-36)51-35-50(37-14-5-3-6-15-37)59-55(60-51)43-28-30-46-45-21-10-12-23-52(45)64-53(46)34-43/h1-41H;3-35H,1-2H3. The molecule has 0 radical (unpaired) electrons. The van der Waals surface area contributed by atoms with E-state index in [2.05, 4.69) is 335 Å². The van der Waals surface area contributed by atoms with Gasteiger partial charge in [-0.25, -0.2) is 49.8 Å². The lowest BCUT2D eigenvalue weighted by Gasteiger charge is -2.21. The molecule has 5 heterocycles. The van der Waals surface area contributed by atoms with E-state index >= 15 is 0 Å². The summed E-state index contributed by atoms with van der Waals surface area (Å²) in [7, 11) is 0. The molecule has 612 valence electrons. The van der Waals surface area contributed by atoms with Gasteiger partial charge in [0.05, 0.1) is 22.8 Å². The monoisotopic (exact) mass is 1660 g/mol. The molecule has 22 aromatic rings. The number of rotatable bonds is 17. The molecule has 0 amide bonds. The second-order valence-electron chi connectivity index (χ2n) is 33.0. The van der Waals surface area contributed by atoms with E-state index in [1.54, 1.807) is 0 Å². The Morgan fingerprint density at radius 3 is 0.885 bits per heavy atom. The van der Waals surface area contributed by atoms with E-state index < -0.39 is 0 Å². The van der Waals surface area contributed by atoms with E-state index in [4.69, 9.17) is 54.3 Å². The van der Waals surface area contributed by atoms with E-state index in [-0.39, 0.29) is 5.41 Å². The Bertz CT molecular complexity index is 7880. The zero-order valence-corrected chi connectivity index (χ0v) is 71.1. The second kappa shape index (κ2) is 34.3. The maximum atomic E-state index is 6.25. The fourth-order valence-electron chi connectivity index (χ4n) is 17.5. The first-order chi connectivity index (χ1) is 64.1. The number of nitrogens with zero attached hydrogens (tertiary/aromatic N) is 10. The summed E-state index contributed by atoms with van der Waals surface area (Å²) in [4.78, 5) is 51.0.